The van der Waals surface area contributed by atoms with Gasteiger partial charge in [0, 0.05) is 88.2 Å². The predicted octanol–water partition coefficient (Wildman–Crippen LogP) is 4.62. The molecule has 15 heteroatoms. The van der Waals surface area contributed by atoms with E-state index in [4.69, 9.17) is 39.8 Å². The fourth-order valence-corrected chi connectivity index (χ4v) is 27.2. The van der Waals surface area contributed by atoms with Crippen molar-refractivity contribution in [2.75, 3.05) is 70.5 Å². The fourth-order valence-electron chi connectivity index (χ4n) is 6.49. The van der Waals surface area contributed by atoms with Crippen LogP contribution in [-0.4, -0.2) is 123 Å². The normalized spacial score (nSPS) is 21.7. The summed E-state index contributed by atoms with van der Waals surface area (Å²) in [5.74, 6) is 0. The van der Waals surface area contributed by atoms with Crippen LogP contribution >= 0.6 is 0 Å². The molecule has 1 heterocycles. The number of rotatable bonds is 22. The molecule has 1 saturated heterocycles. The van der Waals surface area contributed by atoms with Gasteiger partial charge in [-0.2, -0.15) is 0 Å². The summed E-state index contributed by atoms with van der Waals surface area (Å²) in [5.41, 5.74) is 0. The lowest BCUT2D eigenvalue weighted by Crippen LogP contribution is -2.67. The highest BCUT2D eigenvalue weighted by atomic mass is 29.3. The Morgan fingerprint density at radius 2 is 0.974 bits per heavy atom. The van der Waals surface area contributed by atoms with E-state index in [0.717, 1.165) is 50.4 Å². The van der Waals surface area contributed by atoms with E-state index >= 15 is 0 Å². The molecule has 2 unspecified atom stereocenters. The quantitative estimate of drug-likeness (QED) is 0.156. The maximum atomic E-state index is 5.76. The third-order valence-corrected chi connectivity index (χ3v) is 35.1. The first kappa shape index (κ1) is 37.7. The SMILES string of the molecule is CO[Si](CCCC1CC[Si](CCC[Si](OC)(OC)OC)([Si](C)(C)C)N1CCC[Si](OC)(OC)OC)(OC)OC. The van der Waals surface area contributed by atoms with Crippen LogP contribution in [-0.2, 0) is 39.8 Å². The molecule has 1 aliphatic rings. The van der Waals surface area contributed by atoms with Crippen molar-refractivity contribution in [1.82, 2.24) is 4.57 Å². The first-order valence-corrected chi connectivity index (χ1v) is 26.8. The number of hydrogen-bond acceptors (Lipinski definition) is 10. The summed E-state index contributed by atoms with van der Waals surface area (Å²) in [5, 5.41) is 0. The number of nitrogens with zero attached hydrogens (tertiary/aromatic N) is 1. The number of hydrogen-bond donors (Lipinski definition) is 0. The van der Waals surface area contributed by atoms with Gasteiger partial charge >= 0.3 is 26.4 Å². The van der Waals surface area contributed by atoms with Gasteiger partial charge < -0.3 is 44.4 Å². The van der Waals surface area contributed by atoms with E-state index in [0.29, 0.717) is 6.04 Å². The van der Waals surface area contributed by atoms with Crippen LogP contribution in [0.3, 0.4) is 0 Å². The highest BCUT2D eigenvalue weighted by Crippen LogP contribution is 2.44. The van der Waals surface area contributed by atoms with Gasteiger partial charge in [0.25, 0.3) is 0 Å². The van der Waals surface area contributed by atoms with E-state index in [9.17, 15) is 0 Å². The van der Waals surface area contributed by atoms with Gasteiger partial charge in [0.1, 0.15) is 7.75 Å². The molecule has 0 amide bonds. The van der Waals surface area contributed by atoms with Crippen LogP contribution in [0.1, 0.15) is 32.1 Å². The summed E-state index contributed by atoms with van der Waals surface area (Å²) in [6.45, 7) is 8.80. The molecule has 0 bridgehead atoms. The van der Waals surface area contributed by atoms with Gasteiger partial charge in [0.2, 0.25) is 0 Å². The molecular weight excluding hydrogens is 587 g/mol. The van der Waals surface area contributed by atoms with E-state index < -0.39 is 41.8 Å². The van der Waals surface area contributed by atoms with E-state index in [1.165, 1.54) is 18.5 Å². The molecule has 0 N–H and O–H groups in total. The maximum Gasteiger partial charge on any atom is 0.500 e. The van der Waals surface area contributed by atoms with Crippen molar-refractivity contribution in [3.8, 4) is 0 Å². The zero-order chi connectivity index (χ0) is 29.8. The molecule has 0 aromatic rings. The van der Waals surface area contributed by atoms with E-state index in [-0.39, 0.29) is 0 Å². The molecule has 0 saturated carbocycles. The van der Waals surface area contributed by atoms with Crippen LogP contribution in [0.4, 0.5) is 0 Å². The van der Waals surface area contributed by atoms with Crippen molar-refractivity contribution in [2.45, 2.75) is 88.0 Å². The molecule has 0 radical (unpaired) electrons. The third-order valence-electron chi connectivity index (χ3n) is 9.05. The third kappa shape index (κ3) is 9.33. The molecule has 0 spiro atoms. The predicted molar refractivity (Wildman–Crippen MR) is 167 cm³/mol. The van der Waals surface area contributed by atoms with Crippen LogP contribution in [0, 0.1) is 0 Å². The van der Waals surface area contributed by atoms with Gasteiger partial charge in [-0.15, -0.1) is 0 Å². The molecule has 2 atom stereocenters. The molecule has 1 rings (SSSR count). The van der Waals surface area contributed by atoms with Crippen LogP contribution in [0.25, 0.3) is 0 Å². The van der Waals surface area contributed by atoms with Gasteiger partial charge in [-0.1, -0.05) is 26.1 Å². The zero-order valence-electron chi connectivity index (χ0n) is 27.0. The molecular formula is C24H59NO9Si5. The lowest BCUT2D eigenvalue weighted by Gasteiger charge is -2.48. The van der Waals surface area contributed by atoms with Crippen molar-refractivity contribution in [1.29, 1.82) is 0 Å². The van der Waals surface area contributed by atoms with Crippen molar-refractivity contribution in [3.05, 3.63) is 0 Å². The van der Waals surface area contributed by atoms with Gasteiger partial charge in [0.15, 0.2) is 0 Å². The molecule has 234 valence electrons. The highest BCUT2D eigenvalue weighted by Gasteiger charge is 2.56. The average Bonchev–Trinajstić information content (AvgIpc) is 3.30. The smallest absolute Gasteiger partial charge is 0.377 e. The maximum absolute atomic E-state index is 5.76. The monoisotopic (exact) mass is 645 g/mol. The van der Waals surface area contributed by atoms with Crippen LogP contribution < -0.4 is 0 Å². The van der Waals surface area contributed by atoms with Crippen molar-refractivity contribution >= 4 is 41.8 Å². The summed E-state index contributed by atoms with van der Waals surface area (Å²) in [7, 11) is 4.25. The average molecular weight is 646 g/mol. The van der Waals surface area contributed by atoms with Gasteiger partial charge in [-0.3, -0.25) is 0 Å². The Labute approximate surface area is 244 Å². The van der Waals surface area contributed by atoms with E-state index in [1.807, 2.05) is 0 Å². The summed E-state index contributed by atoms with van der Waals surface area (Å²) in [6, 6.07) is 5.65. The molecule has 39 heavy (non-hydrogen) atoms. The lowest BCUT2D eigenvalue weighted by molar-refractivity contribution is 0.120. The second-order valence-electron chi connectivity index (χ2n) is 11.4. The van der Waals surface area contributed by atoms with E-state index in [2.05, 4.69) is 24.2 Å². The Balaban J connectivity index is 3.21. The molecule has 0 aromatic carbocycles. The lowest BCUT2D eigenvalue weighted by atomic mass is 10.1. The largest absolute Gasteiger partial charge is 0.500 e. The Morgan fingerprint density at radius 1 is 0.590 bits per heavy atom. The summed E-state index contributed by atoms with van der Waals surface area (Å²) >= 11 is 0. The summed E-state index contributed by atoms with van der Waals surface area (Å²) in [4.78, 5) is 0. The minimum absolute atomic E-state index is 0.554. The minimum Gasteiger partial charge on any atom is -0.377 e. The Kier molecular flexibility index (Phi) is 16.5. The standard InChI is InChI=1S/C24H59NO9Si5/c1-26-37(27-2,28-3)20-13-16-24-17-23-36(35(10,11)12,19-15-22-39(32-7,33-8)34-9)25(24)18-14-21-38(29-4,30-5)31-6/h24H,13-23H2,1-12H3. The van der Waals surface area contributed by atoms with Crippen molar-refractivity contribution < 1.29 is 39.8 Å². The van der Waals surface area contributed by atoms with Gasteiger partial charge in [0.05, 0.1) is 7.59 Å². The molecule has 10 nitrogen and oxygen atoms in total. The first-order valence-electron chi connectivity index (χ1n) is 14.1. The topological polar surface area (TPSA) is 86.3 Å². The summed E-state index contributed by atoms with van der Waals surface area (Å²) < 4.78 is 54.6. The van der Waals surface area contributed by atoms with Gasteiger partial charge in [-0.25, -0.2) is 0 Å². The van der Waals surface area contributed by atoms with Crippen LogP contribution in [0.15, 0.2) is 0 Å². The van der Waals surface area contributed by atoms with Crippen LogP contribution in [0.5, 0.6) is 0 Å². The second kappa shape index (κ2) is 17.1. The molecule has 1 fully saturated rings. The Hall–Kier alpha value is 0.684. The minimum atomic E-state index is -2.62. The van der Waals surface area contributed by atoms with Crippen molar-refractivity contribution in [2.24, 2.45) is 0 Å². The summed E-state index contributed by atoms with van der Waals surface area (Å²) in [6.07, 6.45) is 5.47. The molecule has 1 aliphatic heterocycles. The Bertz CT molecular complexity index is 654. The highest BCUT2D eigenvalue weighted by molar-refractivity contribution is 7.40. The fraction of sp³-hybridized carbons (Fsp3) is 1.00. The molecule has 0 aromatic heterocycles. The van der Waals surface area contributed by atoms with Gasteiger partial charge in [-0.05, 0) is 44.3 Å². The van der Waals surface area contributed by atoms with Crippen LogP contribution in [0.2, 0.25) is 49.9 Å². The van der Waals surface area contributed by atoms with E-state index in [1.54, 1.807) is 64.0 Å². The molecule has 0 aliphatic carbocycles. The van der Waals surface area contributed by atoms with Crippen molar-refractivity contribution in [3.63, 3.8) is 0 Å². The second-order valence-corrected chi connectivity index (χ2v) is 36.1. The Morgan fingerprint density at radius 3 is 1.36 bits per heavy atom. The zero-order valence-corrected chi connectivity index (χ0v) is 32.0. The first-order chi connectivity index (χ1) is 18.4.